The first kappa shape index (κ1) is 10.8. The van der Waals surface area contributed by atoms with E-state index >= 15 is 0 Å². The number of carbonyl (C=O) groups excluding carboxylic acids is 1. The van der Waals surface area contributed by atoms with E-state index in [1.54, 1.807) is 24.3 Å². The third kappa shape index (κ3) is 1.95. The van der Waals surface area contributed by atoms with Crippen LogP contribution in [-0.4, -0.2) is 12.9 Å². The van der Waals surface area contributed by atoms with E-state index in [0.717, 1.165) is 0 Å². The van der Waals surface area contributed by atoms with E-state index in [4.69, 9.17) is 20.8 Å². The van der Waals surface area contributed by atoms with E-state index in [9.17, 15) is 4.79 Å². The van der Waals surface area contributed by atoms with Crippen LogP contribution in [-0.2, 0) is 0 Å². The molecule has 1 aromatic carbocycles. The van der Waals surface area contributed by atoms with Crippen LogP contribution in [0.4, 0.5) is 0 Å². The Balaban J connectivity index is 2.38. The maximum atomic E-state index is 11.9. The molecule has 0 aliphatic carbocycles. The Morgan fingerprint density at radius 2 is 2.12 bits per heavy atom. The van der Waals surface area contributed by atoms with Crippen LogP contribution < -0.4 is 4.74 Å². The SMILES string of the molecule is COc1cc(C(=O)c2ccoc2)ccc1Cl. The van der Waals surface area contributed by atoms with Crippen molar-refractivity contribution in [1.29, 1.82) is 0 Å². The van der Waals surface area contributed by atoms with Gasteiger partial charge in [0.25, 0.3) is 0 Å². The van der Waals surface area contributed by atoms with Crippen LogP contribution in [0.25, 0.3) is 0 Å². The minimum atomic E-state index is -0.122. The van der Waals surface area contributed by atoms with Crippen LogP contribution in [0.1, 0.15) is 15.9 Å². The molecule has 1 aromatic heterocycles. The van der Waals surface area contributed by atoms with Crippen molar-refractivity contribution in [3.8, 4) is 5.75 Å². The van der Waals surface area contributed by atoms with Gasteiger partial charge in [0.2, 0.25) is 0 Å². The van der Waals surface area contributed by atoms with Crippen molar-refractivity contribution in [2.45, 2.75) is 0 Å². The molecule has 0 fully saturated rings. The molecule has 0 saturated heterocycles. The number of ether oxygens (including phenoxy) is 1. The predicted molar refractivity (Wildman–Crippen MR) is 60.1 cm³/mol. The lowest BCUT2D eigenvalue weighted by Gasteiger charge is -2.04. The molecule has 82 valence electrons. The minimum absolute atomic E-state index is 0.122. The van der Waals surface area contributed by atoms with Gasteiger partial charge in [-0.25, -0.2) is 0 Å². The zero-order valence-corrected chi connectivity index (χ0v) is 9.32. The average Bonchev–Trinajstić information content (AvgIpc) is 2.82. The number of hydrogen-bond acceptors (Lipinski definition) is 3. The van der Waals surface area contributed by atoms with Gasteiger partial charge < -0.3 is 9.15 Å². The van der Waals surface area contributed by atoms with Gasteiger partial charge in [0.05, 0.1) is 24.0 Å². The van der Waals surface area contributed by atoms with Gasteiger partial charge in [-0.15, -0.1) is 0 Å². The van der Waals surface area contributed by atoms with Crippen molar-refractivity contribution < 1.29 is 13.9 Å². The van der Waals surface area contributed by atoms with Gasteiger partial charge in [-0.05, 0) is 24.3 Å². The minimum Gasteiger partial charge on any atom is -0.495 e. The predicted octanol–water partition coefficient (Wildman–Crippen LogP) is 3.17. The van der Waals surface area contributed by atoms with Crippen molar-refractivity contribution in [3.05, 3.63) is 52.9 Å². The highest BCUT2D eigenvalue weighted by Gasteiger charge is 2.12. The maximum absolute atomic E-state index is 11.9. The van der Waals surface area contributed by atoms with Crippen LogP contribution in [0.15, 0.2) is 41.2 Å². The normalized spacial score (nSPS) is 10.1. The largest absolute Gasteiger partial charge is 0.495 e. The monoisotopic (exact) mass is 236 g/mol. The molecule has 0 aliphatic rings. The second-order valence-electron chi connectivity index (χ2n) is 3.19. The van der Waals surface area contributed by atoms with Crippen molar-refractivity contribution in [2.75, 3.05) is 7.11 Å². The Morgan fingerprint density at radius 1 is 1.31 bits per heavy atom. The van der Waals surface area contributed by atoms with Gasteiger partial charge in [-0.2, -0.15) is 0 Å². The molecule has 4 heteroatoms. The first-order valence-electron chi connectivity index (χ1n) is 4.63. The molecule has 16 heavy (non-hydrogen) atoms. The lowest BCUT2D eigenvalue weighted by Crippen LogP contribution is -2.00. The highest BCUT2D eigenvalue weighted by atomic mass is 35.5. The number of carbonyl (C=O) groups is 1. The van der Waals surface area contributed by atoms with E-state index < -0.39 is 0 Å². The summed E-state index contributed by atoms with van der Waals surface area (Å²) in [6.45, 7) is 0. The molecule has 0 radical (unpaired) electrons. The number of methoxy groups -OCH3 is 1. The molecule has 0 N–H and O–H groups in total. The van der Waals surface area contributed by atoms with Crippen molar-refractivity contribution in [2.24, 2.45) is 0 Å². The molecule has 1 heterocycles. The van der Waals surface area contributed by atoms with E-state index in [-0.39, 0.29) is 5.78 Å². The molecule has 2 rings (SSSR count). The molecular weight excluding hydrogens is 228 g/mol. The second kappa shape index (κ2) is 4.41. The lowest BCUT2D eigenvalue weighted by atomic mass is 10.1. The third-order valence-corrected chi connectivity index (χ3v) is 2.51. The van der Waals surface area contributed by atoms with Gasteiger partial charge >= 0.3 is 0 Å². The first-order chi connectivity index (χ1) is 7.72. The molecule has 0 aliphatic heterocycles. The highest BCUT2D eigenvalue weighted by Crippen LogP contribution is 2.26. The average molecular weight is 237 g/mol. The fourth-order valence-corrected chi connectivity index (χ4v) is 1.56. The zero-order chi connectivity index (χ0) is 11.5. The fraction of sp³-hybridized carbons (Fsp3) is 0.0833. The lowest BCUT2D eigenvalue weighted by molar-refractivity contribution is 0.103. The van der Waals surface area contributed by atoms with E-state index in [0.29, 0.717) is 21.9 Å². The number of halogens is 1. The van der Waals surface area contributed by atoms with Gasteiger partial charge in [-0.3, -0.25) is 4.79 Å². The summed E-state index contributed by atoms with van der Waals surface area (Å²) < 4.78 is 9.90. The summed E-state index contributed by atoms with van der Waals surface area (Å²) in [5.41, 5.74) is 1.02. The molecule has 0 unspecified atom stereocenters. The highest BCUT2D eigenvalue weighted by molar-refractivity contribution is 6.32. The third-order valence-electron chi connectivity index (χ3n) is 2.20. The Hall–Kier alpha value is -1.74. The number of hydrogen-bond donors (Lipinski definition) is 0. The van der Waals surface area contributed by atoms with Crippen LogP contribution in [0.5, 0.6) is 5.75 Å². The smallest absolute Gasteiger partial charge is 0.196 e. The summed E-state index contributed by atoms with van der Waals surface area (Å²) in [7, 11) is 1.51. The molecule has 0 saturated carbocycles. The molecule has 0 amide bonds. The first-order valence-corrected chi connectivity index (χ1v) is 5.00. The standard InChI is InChI=1S/C12H9ClO3/c1-15-11-6-8(2-3-10(11)13)12(14)9-4-5-16-7-9/h2-7H,1H3. The number of benzene rings is 1. The van der Waals surface area contributed by atoms with Crippen LogP contribution in [0, 0.1) is 0 Å². The number of furan rings is 1. The summed E-state index contributed by atoms with van der Waals surface area (Å²) in [5.74, 6) is 0.361. The van der Waals surface area contributed by atoms with Gasteiger partial charge in [0.15, 0.2) is 5.78 Å². The molecule has 2 aromatic rings. The summed E-state index contributed by atoms with van der Waals surface area (Å²) in [6.07, 6.45) is 2.86. The van der Waals surface area contributed by atoms with Gasteiger partial charge in [-0.1, -0.05) is 11.6 Å². The maximum Gasteiger partial charge on any atom is 0.196 e. The summed E-state index contributed by atoms with van der Waals surface area (Å²) in [4.78, 5) is 11.9. The molecule has 0 bridgehead atoms. The summed E-state index contributed by atoms with van der Waals surface area (Å²) in [6, 6.07) is 6.51. The van der Waals surface area contributed by atoms with E-state index in [2.05, 4.69) is 0 Å². The van der Waals surface area contributed by atoms with Gasteiger partial charge in [0.1, 0.15) is 12.0 Å². The zero-order valence-electron chi connectivity index (χ0n) is 8.57. The molecule has 0 spiro atoms. The number of ketones is 1. The fourth-order valence-electron chi connectivity index (χ4n) is 1.36. The van der Waals surface area contributed by atoms with Crippen molar-refractivity contribution >= 4 is 17.4 Å². The van der Waals surface area contributed by atoms with Crippen molar-refractivity contribution in [3.63, 3.8) is 0 Å². The topological polar surface area (TPSA) is 39.4 Å². The van der Waals surface area contributed by atoms with Crippen LogP contribution in [0.3, 0.4) is 0 Å². The Labute approximate surface area is 97.6 Å². The Morgan fingerprint density at radius 3 is 2.75 bits per heavy atom. The van der Waals surface area contributed by atoms with Gasteiger partial charge in [0, 0.05) is 5.56 Å². The van der Waals surface area contributed by atoms with E-state index in [1.165, 1.54) is 19.6 Å². The molecular formula is C12H9ClO3. The number of rotatable bonds is 3. The summed E-state index contributed by atoms with van der Waals surface area (Å²) >= 11 is 5.87. The van der Waals surface area contributed by atoms with Crippen LogP contribution in [0.2, 0.25) is 5.02 Å². The Bertz CT molecular complexity index is 503. The van der Waals surface area contributed by atoms with Crippen LogP contribution >= 0.6 is 11.6 Å². The van der Waals surface area contributed by atoms with E-state index in [1.807, 2.05) is 0 Å². The summed E-state index contributed by atoms with van der Waals surface area (Å²) in [5, 5.41) is 0.478. The quantitative estimate of drug-likeness (QED) is 0.769. The molecule has 3 nitrogen and oxygen atoms in total. The second-order valence-corrected chi connectivity index (χ2v) is 3.60. The van der Waals surface area contributed by atoms with Crippen molar-refractivity contribution in [1.82, 2.24) is 0 Å². The Kier molecular flexibility index (Phi) is 2.97. The molecule has 0 atom stereocenters.